The minimum atomic E-state index is -0.00564. The minimum Gasteiger partial charge on any atom is -0.290 e. The Balaban J connectivity index is 1.88. The second-order valence-electron chi connectivity index (χ2n) is 5.97. The SMILES string of the molecule is O=c1c(Cc2ccccc2)c(-c2ccccc2)[nH]n1-c1ccccc1. The summed E-state index contributed by atoms with van der Waals surface area (Å²) in [7, 11) is 0. The fourth-order valence-corrected chi connectivity index (χ4v) is 3.04. The lowest BCUT2D eigenvalue weighted by atomic mass is 10.0. The lowest BCUT2D eigenvalue weighted by Gasteiger charge is -2.03. The second-order valence-corrected chi connectivity index (χ2v) is 5.97. The highest BCUT2D eigenvalue weighted by atomic mass is 16.1. The number of hydrogen-bond donors (Lipinski definition) is 1. The van der Waals surface area contributed by atoms with E-state index in [0.29, 0.717) is 6.42 Å². The van der Waals surface area contributed by atoms with Crippen LogP contribution in [0, 0.1) is 0 Å². The zero-order valence-electron chi connectivity index (χ0n) is 13.7. The average Bonchev–Trinajstić information content (AvgIpc) is 3.01. The summed E-state index contributed by atoms with van der Waals surface area (Å²) in [6.07, 6.45) is 0.597. The minimum absolute atomic E-state index is 0.00564. The summed E-state index contributed by atoms with van der Waals surface area (Å²) in [6.45, 7) is 0. The summed E-state index contributed by atoms with van der Waals surface area (Å²) in [5.74, 6) is 0. The van der Waals surface area contributed by atoms with Gasteiger partial charge in [-0.15, -0.1) is 0 Å². The Bertz CT molecular complexity index is 1020. The van der Waals surface area contributed by atoms with Crippen molar-refractivity contribution >= 4 is 0 Å². The number of para-hydroxylation sites is 1. The normalized spacial score (nSPS) is 10.7. The molecule has 0 atom stereocenters. The predicted molar refractivity (Wildman–Crippen MR) is 101 cm³/mol. The van der Waals surface area contributed by atoms with Gasteiger partial charge < -0.3 is 0 Å². The average molecular weight is 326 g/mol. The summed E-state index contributed by atoms with van der Waals surface area (Å²) >= 11 is 0. The Morgan fingerprint density at radius 3 is 1.92 bits per heavy atom. The van der Waals surface area contributed by atoms with Gasteiger partial charge in [-0.1, -0.05) is 78.9 Å². The van der Waals surface area contributed by atoms with Crippen LogP contribution in [0.1, 0.15) is 11.1 Å². The first-order chi connectivity index (χ1) is 12.3. The van der Waals surface area contributed by atoms with Crippen molar-refractivity contribution in [2.75, 3.05) is 0 Å². The fraction of sp³-hybridized carbons (Fsp3) is 0.0455. The number of hydrogen-bond acceptors (Lipinski definition) is 1. The number of aromatic amines is 1. The summed E-state index contributed by atoms with van der Waals surface area (Å²) < 4.78 is 1.63. The molecule has 0 saturated carbocycles. The fourth-order valence-electron chi connectivity index (χ4n) is 3.04. The highest BCUT2D eigenvalue weighted by Gasteiger charge is 2.16. The van der Waals surface area contributed by atoms with Crippen molar-refractivity contribution < 1.29 is 0 Å². The van der Waals surface area contributed by atoms with Crippen LogP contribution in [0.4, 0.5) is 0 Å². The molecule has 0 spiro atoms. The second kappa shape index (κ2) is 6.65. The third kappa shape index (κ3) is 3.04. The Labute approximate surface area is 146 Å². The van der Waals surface area contributed by atoms with E-state index in [4.69, 9.17) is 0 Å². The van der Waals surface area contributed by atoms with Crippen LogP contribution in [0.15, 0.2) is 95.8 Å². The molecule has 4 rings (SSSR count). The molecular weight excluding hydrogens is 308 g/mol. The lowest BCUT2D eigenvalue weighted by Crippen LogP contribution is -2.17. The quantitative estimate of drug-likeness (QED) is 0.592. The smallest absolute Gasteiger partial charge is 0.275 e. The van der Waals surface area contributed by atoms with Gasteiger partial charge >= 0.3 is 0 Å². The van der Waals surface area contributed by atoms with Crippen molar-refractivity contribution in [2.24, 2.45) is 0 Å². The van der Waals surface area contributed by atoms with Gasteiger partial charge in [0.2, 0.25) is 0 Å². The molecule has 1 heterocycles. The highest BCUT2D eigenvalue weighted by Crippen LogP contribution is 2.22. The van der Waals surface area contributed by atoms with E-state index in [0.717, 1.165) is 28.1 Å². The van der Waals surface area contributed by atoms with Crippen molar-refractivity contribution in [3.8, 4) is 16.9 Å². The molecule has 3 heteroatoms. The summed E-state index contributed by atoms with van der Waals surface area (Å²) in [4.78, 5) is 13.1. The van der Waals surface area contributed by atoms with Gasteiger partial charge in [-0.25, -0.2) is 4.68 Å². The standard InChI is InChI=1S/C22H18N2O/c25-22-20(16-17-10-4-1-5-11-17)21(18-12-6-2-7-13-18)23-24(22)19-14-8-3-9-15-19/h1-15,23H,16H2. The molecule has 0 unspecified atom stereocenters. The Hall–Kier alpha value is -3.33. The van der Waals surface area contributed by atoms with Crippen LogP contribution >= 0.6 is 0 Å². The molecular formula is C22H18N2O. The zero-order valence-corrected chi connectivity index (χ0v) is 13.7. The number of nitrogens with one attached hydrogen (secondary N) is 1. The topological polar surface area (TPSA) is 37.8 Å². The summed E-state index contributed by atoms with van der Waals surface area (Å²) in [5, 5.41) is 3.31. The van der Waals surface area contributed by atoms with Gasteiger partial charge in [0.1, 0.15) is 0 Å². The number of nitrogens with zero attached hydrogens (tertiary/aromatic N) is 1. The van der Waals surface area contributed by atoms with E-state index in [-0.39, 0.29) is 5.56 Å². The molecule has 25 heavy (non-hydrogen) atoms. The van der Waals surface area contributed by atoms with Gasteiger partial charge in [-0.2, -0.15) is 0 Å². The molecule has 1 N–H and O–H groups in total. The van der Waals surface area contributed by atoms with Crippen LogP contribution in [0.5, 0.6) is 0 Å². The monoisotopic (exact) mass is 326 g/mol. The van der Waals surface area contributed by atoms with Crippen LogP contribution in [0.25, 0.3) is 16.9 Å². The summed E-state index contributed by atoms with van der Waals surface area (Å²) in [6, 6.07) is 29.8. The van der Waals surface area contributed by atoms with Gasteiger partial charge in [-0.3, -0.25) is 9.89 Å². The third-order valence-electron chi connectivity index (χ3n) is 4.29. The molecule has 4 aromatic rings. The molecule has 0 saturated heterocycles. The van der Waals surface area contributed by atoms with Crippen molar-refractivity contribution in [2.45, 2.75) is 6.42 Å². The molecule has 0 radical (unpaired) electrons. The van der Waals surface area contributed by atoms with Crippen molar-refractivity contribution in [1.82, 2.24) is 9.78 Å². The first kappa shape index (κ1) is 15.2. The van der Waals surface area contributed by atoms with E-state index in [2.05, 4.69) is 5.10 Å². The predicted octanol–water partition coefficient (Wildman–Crippen LogP) is 4.42. The third-order valence-corrected chi connectivity index (χ3v) is 4.29. The molecule has 0 aliphatic carbocycles. The van der Waals surface area contributed by atoms with Crippen LogP contribution in [-0.2, 0) is 6.42 Å². The lowest BCUT2D eigenvalue weighted by molar-refractivity contribution is 0.849. The van der Waals surface area contributed by atoms with Crippen LogP contribution in [0.2, 0.25) is 0 Å². The van der Waals surface area contributed by atoms with Crippen LogP contribution in [0.3, 0.4) is 0 Å². The molecule has 0 bridgehead atoms. The molecule has 0 aliphatic rings. The maximum Gasteiger partial charge on any atom is 0.275 e. The van der Waals surface area contributed by atoms with E-state index in [1.807, 2.05) is 91.0 Å². The number of aromatic nitrogens is 2. The van der Waals surface area contributed by atoms with Crippen molar-refractivity contribution in [1.29, 1.82) is 0 Å². The van der Waals surface area contributed by atoms with Gasteiger partial charge in [0.25, 0.3) is 5.56 Å². The van der Waals surface area contributed by atoms with Crippen LogP contribution in [-0.4, -0.2) is 9.78 Å². The Kier molecular flexibility index (Phi) is 4.05. The van der Waals surface area contributed by atoms with E-state index >= 15 is 0 Å². The largest absolute Gasteiger partial charge is 0.290 e. The van der Waals surface area contributed by atoms with Gasteiger partial charge in [-0.05, 0) is 23.3 Å². The maximum atomic E-state index is 13.1. The van der Waals surface area contributed by atoms with Gasteiger partial charge in [0.15, 0.2) is 0 Å². The molecule has 3 aromatic carbocycles. The molecule has 0 aliphatic heterocycles. The van der Waals surface area contributed by atoms with Gasteiger partial charge in [0.05, 0.1) is 11.4 Å². The number of rotatable bonds is 4. The summed E-state index contributed by atoms with van der Waals surface area (Å²) in [5.41, 5.74) is 4.62. The zero-order chi connectivity index (χ0) is 17.1. The Morgan fingerprint density at radius 2 is 1.28 bits per heavy atom. The number of H-pyrrole nitrogens is 1. The molecule has 122 valence electrons. The van der Waals surface area contributed by atoms with Crippen molar-refractivity contribution in [3.05, 3.63) is 112 Å². The molecule has 3 nitrogen and oxygen atoms in total. The van der Waals surface area contributed by atoms with E-state index in [1.54, 1.807) is 4.68 Å². The van der Waals surface area contributed by atoms with Crippen molar-refractivity contribution in [3.63, 3.8) is 0 Å². The Morgan fingerprint density at radius 1 is 0.720 bits per heavy atom. The highest BCUT2D eigenvalue weighted by molar-refractivity contribution is 5.63. The van der Waals surface area contributed by atoms with Gasteiger partial charge in [0, 0.05) is 12.0 Å². The van der Waals surface area contributed by atoms with E-state index in [9.17, 15) is 4.79 Å². The first-order valence-electron chi connectivity index (χ1n) is 8.31. The van der Waals surface area contributed by atoms with E-state index < -0.39 is 0 Å². The van der Waals surface area contributed by atoms with E-state index in [1.165, 1.54) is 0 Å². The molecule has 1 aromatic heterocycles. The number of benzene rings is 3. The molecule has 0 amide bonds. The molecule has 0 fully saturated rings. The van der Waals surface area contributed by atoms with Crippen LogP contribution < -0.4 is 5.56 Å². The maximum absolute atomic E-state index is 13.1. The first-order valence-corrected chi connectivity index (χ1v) is 8.31.